The summed E-state index contributed by atoms with van der Waals surface area (Å²) in [4.78, 5) is 0. The van der Waals surface area contributed by atoms with Crippen LogP contribution in [0, 0.1) is 5.92 Å². The minimum atomic E-state index is 0.364. The molecule has 0 radical (unpaired) electrons. The van der Waals surface area contributed by atoms with E-state index in [0.717, 1.165) is 5.92 Å². The van der Waals surface area contributed by atoms with Crippen molar-refractivity contribution in [1.29, 1.82) is 0 Å². The summed E-state index contributed by atoms with van der Waals surface area (Å²) < 4.78 is 1.64. The SMILES string of the molecule is [Se]=C1CCC[C@H]2[C@H]3Cc4ccccc4[C@@]12CCN3. The molecule has 1 aromatic carbocycles. The van der Waals surface area contributed by atoms with E-state index in [1.807, 2.05) is 0 Å². The summed E-state index contributed by atoms with van der Waals surface area (Å²) in [6.07, 6.45) is 6.58. The number of benzene rings is 1. The van der Waals surface area contributed by atoms with Gasteiger partial charge in [-0.1, -0.05) is 0 Å². The first kappa shape index (κ1) is 11.4. The molecule has 3 aliphatic rings. The standard InChI is InChI=1S/C16H19NSe/c18-15-7-3-6-13-14-10-11-4-1-2-5-12(11)16(13,15)8-9-17-14/h1-2,4-5,13-14,17H,3,6-10H2/t13-,14+,16+/m0/s1. The Morgan fingerprint density at radius 2 is 2.17 bits per heavy atom. The van der Waals surface area contributed by atoms with Crippen LogP contribution in [0.2, 0.25) is 0 Å². The molecule has 0 amide bonds. The first-order valence-electron chi connectivity index (χ1n) is 7.17. The average Bonchev–Trinajstić information content (AvgIpc) is 2.39. The third-order valence-corrected chi connectivity index (χ3v) is 6.59. The first-order chi connectivity index (χ1) is 8.82. The molecule has 18 heavy (non-hydrogen) atoms. The van der Waals surface area contributed by atoms with Crippen molar-refractivity contribution in [3.8, 4) is 0 Å². The Morgan fingerprint density at radius 1 is 1.28 bits per heavy atom. The predicted molar refractivity (Wildman–Crippen MR) is 76.3 cm³/mol. The summed E-state index contributed by atoms with van der Waals surface area (Å²) in [5.41, 5.74) is 3.59. The number of rotatable bonds is 0. The van der Waals surface area contributed by atoms with E-state index >= 15 is 0 Å². The Morgan fingerprint density at radius 3 is 3.11 bits per heavy atom. The van der Waals surface area contributed by atoms with Gasteiger partial charge in [0.05, 0.1) is 0 Å². The molecule has 1 aliphatic heterocycles. The van der Waals surface area contributed by atoms with Crippen LogP contribution in [0.4, 0.5) is 0 Å². The molecule has 1 heterocycles. The molecule has 2 fully saturated rings. The normalized spacial score (nSPS) is 37.9. The van der Waals surface area contributed by atoms with Gasteiger partial charge >= 0.3 is 117 Å². The number of fused-ring (bicyclic) bond motifs is 1. The van der Waals surface area contributed by atoms with Crippen LogP contribution < -0.4 is 5.32 Å². The Kier molecular flexibility index (Phi) is 2.55. The molecular formula is C16H19NSe. The van der Waals surface area contributed by atoms with E-state index in [1.54, 1.807) is 15.5 Å². The molecule has 4 rings (SSSR count). The molecule has 1 aromatic rings. The zero-order valence-corrected chi connectivity index (χ0v) is 12.3. The summed E-state index contributed by atoms with van der Waals surface area (Å²) in [6.45, 7) is 1.18. The van der Waals surface area contributed by atoms with Gasteiger partial charge in [0, 0.05) is 0 Å². The number of hydrogen-bond donors (Lipinski definition) is 1. The van der Waals surface area contributed by atoms with E-state index in [0.29, 0.717) is 11.5 Å². The van der Waals surface area contributed by atoms with Crippen molar-refractivity contribution in [3.63, 3.8) is 0 Å². The zero-order chi connectivity index (χ0) is 12.2. The molecule has 94 valence electrons. The van der Waals surface area contributed by atoms with Gasteiger partial charge in [-0.05, 0) is 0 Å². The van der Waals surface area contributed by atoms with Gasteiger partial charge in [0.2, 0.25) is 0 Å². The number of hydrogen-bond acceptors (Lipinski definition) is 1. The second kappa shape index (κ2) is 4.03. The van der Waals surface area contributed by atoms with Gasteiger partial charge in [-0.3, -0.25) is 0 Å². The van der Waals surface area contributed by atoms with E-state index in [4.69, 9.17) is 0 Å². The summed E-state index contributed by atoms with van der Waals surface area (Å²) in [5.74, 6) is 0.825. The fraction of sp³-hybridized carbons (Fsp3) is 0.562. The average molecular weight is 304 g/mol. The molecule has 1 saturated heterocycles. The van der Waals surface area contributed by atoms with Gasteiger partial charge in [-0.25, -0.2) is 0 Å². The number of piperidine rings is 1. The van der Waals surface area contributed by atoms with Gasteiger partial charge in [-0.2, -0.15) is 0 Å². The van der Waals surface area contributed by atoms with Crippen molar-refractivity contribution in [3.05, 3.63) is 35.4 Å². The first-order valence-corrected chi connectivity index (χ1v) is 8.03. The summed E-state index contributed by atoms with van der Waals surface area (Å²) >= 11 is 3.45. The van der Waals surface area contributed by atoms with Crippen LogP contribution in [0.3, 0.4) is 0 Å². The van der Waals surface area contributed by atoms with Crippen molar-refractivity contribution in [2.45, 2.75) is 43.6 Å². The molecule has 2 heteroatoms. The van der Waals surface area contributed by atoms with Crippen LogP contribution in [0.25, 0.3) is 0 Å². The topological polar surface area (TPSA) is 12.0 Å². The van der Waals surface area contributed by atoms with E-state index in [1.165, 1.54) is 38.6 Å². The fourth-order valence-electron chi connectivity index (χ4n) is 4.69. The quantitative estimate of drug-likeness (QED) is 0.723. The molecule has 0 spiro atoms. The van der Waals surface area contributed by atoms with Crippen molar-refractivity contribution in [2.75, 3.05) is 6.54 Å². The van der Waals surface area contributed by atoms with Crippen LogP contribution in [0.1, 0.15) is 36.8 Å². The predicted octanol–water partition coefficient (Wildman–Crippen LogP) is 1.98. The Labute approximate surface area is 117 Å². The minimum absolute atomic E-state index is 0.364. The summed E-state index contributed by atoms with van der Waals surface area (Å²) in [5, 5.41) is 3.78. The Balaban J connectivity index is 1.96. The van der Waals surface area contributed by atoms with Crippen LogP contribution >= 0.6 is 0 Å². The fourth-order valence-corrected chi connectivity index (χ4v) is 5.76. The number of nitrogens with one attached hydrogen (secondary N) is 1. The van der Waals surface area contributed by atoms with E-state index in [2.05, 4.69) is 45.2 Å². The molecule has 1 saturated carbocycles. The van der Waals surface area contributed by atoms with Crippen molar-refractivity contribution < 1.29 is 0 Å². The van der Waals surface area contributed by atoms with Crippen LogP contribution in [-0.4, -0.2) is 32.6 Å². The maximum atomic E-state index is 3.78. The van der Waals surface area contributed by atoms with Gasteiger partial charge in [-0.15, -0.1) is 0 Å². The van der Waals surface area contributed by atoms with E-state index in [9.17, 15) is 0 Å². The zero-order valence-electron chi connectivity index (χ0n) is 10.6. The second-order valence-electron chi connectivity index (χ2n) is 6.07. The molecule has 0 unspecified atom stereocenters. The molecular weight excluding hydrogens is 285 g/mol. The molecule has 0 aromatic heterocycles. The van der Waals surface area contributed by atoms with Crippen molar-refractivity contribution >= 4 is 20.0 Å². The van der Waals surface area contributed by atoms with Gasteiger partial charge in [0.25, 0.3) is 0 Å². The Bertz CT molecular complexity index is 510. The molecule has 1 N–H and O–H groups in total. The van der Waals surface area contributed by atoms with Crippen LogP contribution in [0.15, 0.2) is 24.3 Å². The Hall–Kier alpha value is -0.431. The van der Waals surface area contributed by atoms with E-state index < -0.39 is 0 Å². The van der Waals surface area contributed by atoms with Gasteiger partial charge in [0.1, 0.15) is 0 Å². The van der Waals surface area contributed by atoms with Crippen molar-refractivity contribution in [2.24, 2.45) is 5.92 Å². The molecule has 2 bridgehead atoms. The van der Waals surface area contributed by atoms with Crippen LogP contribution in [0.5, 0.6) is 0 Å². The molecule has 1 nitrogen and oxygen atoms in total. The molecule has 2 aliphatic carbocycles. The third kappa shape index (κ3) is 1.35. The monoisotopic (exact) mass is 305 g/mol. The van der Waals surface area contributed by atoms with Gasteiger partial charge in [0.15, 0.2) is 0 Å². The summed E-state index contributed by atoms with van der Waals surface area (Å²) in [7, 11) is 0. The third-order valence-electron chi connectivity index (χ3n) is 5.40. The van der Waals surface area contributed by atoms with Crippen molar-refractivity contribution in [1.82, 2.24) is 5.32 Å². The van der Waals surface area contributed by atoms with Crippen LogP contribution in [-0.2, 0) is 11.8 Å². The summed E-state index contributed by atoms with van der Waals surface area (Å²) in [6, 6.07) is 9.88. The second-order valence-corrected chi connectivity index (χ2v) is 7.10. The van der Waals surface area contributed by atoms with Gasteiger partial charge < -0.3 is 0 Å². The molecule has 3 atom stereocenters. The van der Waals surface area contributed by atoms with E-state index in [-0.39, 0.29) is 0 Å². The maximum absolute atomic E-state index is 3.78.